The molecular formula is C21H21N5S. The van der Waals surface area contributed by atoms with Crippen LogP contribution in [0.4, 0.5) is 5.00 Å². The molecule has 0 amide bonds. The highest BCUT2D eigenvalue weighted by Gasteiger charge is 2.29. The van der Waals surface area contributed by atoms with Crippen LogP contribution in [0.1, 0.15) is 34.8 Å². The van der Waals surface area contributed by atoms with Gasteiger partial charge in [-0.3, -0.25) is 9.58 Å². The highest BCUT2D eigenvalue weighted by Crippen LogP contribution is 2.43. The van der Waals surface area contributed by atoms with Gasteiger partial charge >= 0.3 is 0 Å². The summed E-state index contributed by atoms with van der Waals surface area (Å²) < 4.78 is 2.16. The molecule has 5 nitrogen and oxygen atoms in total. The predicted octanol–water partition coefficient (Wildman–Crippen LogP) is 3.61. The molecule has 1 saturated heterocycles. The van der Waals surface area contributed by atoms with Crippen molar-refractivity contribution in [1.29, 1.82) is 5.26 Å². The molecule has 1 aliphatic carbocycles. The number of nitrogen functional groups attached to an aromatic ring is 1. The Morgan fingerprint density at radius 3 is 2.93 bits per heavy atom. The topological polar surface area (TPSA) is 70.9 Å². The summed E-state index contributed by atoms with van der Waals surface area (Å²) in [5, 5.41) is 14.9. The minimum absolute atomic E-state index is 0.413. The summed E-state index contributed by atoms with van der Waals surface area (Å²) in [5.74, 6) is 0. The van der Waals surface area contributed by atoms with Crippen LogP contribution in [0, 0.1) is 11.3 Å². The van der Waals surface area contributed by atoms with Gasteiger partial charge in [0, 0.05) is 36.3 Å². The fourth-order valence-corrected chi connectivity index (χ4v) is 5.41. The number of hydrogen-bond acceptors (Lipinski definition) is 5. The number of anilines is 1. The Labute approximate surface area is 162 Å². The van der Waals surface area contributed by atoms with Gasteiger partial charge in [-0.25, -0.2) is 0 Å². The number of thiophene rings is 1. The molecule has 5 rings (SSSR count). The summed E-state index contributed by atoms with van der Waals surface area (Å²) in [7, 11) is 0. The third-order valence-corrected chi connectivity index (χ3v) is 6.78. The highest BCUT2D eigenvalue weighted by molar-refractivity contribution is 7.19. The fraction of sp³-hybridized carbons (Fsp3) is 0.333. The van der Waals surface area contributed by atoms with Gasteiger partial charge in [0.05, 0.1) is 17.3 Å². The Kier molecular flexibility index (Phi) is 4.00. The third-order valence-electron chi connectivity index (χ3n) is 5.68. The van der Waals surface area contributed by atoms with Crippen molar-refractivity contribution in [3.63, 3.8) is 0 Å². The first-order valence-corrected chi connectivity index (χ1v) is 10.2. The maximum absolute atomic E-state index is 9.39. The van der Waals surface area contributed by atoms with E-state index < -0.39 is 0 Å². The normalized spacial score (nSPS) is 18.9. The van der Waals surface area contributed by atoms with Crippen LogP contribution in [0.5, 0.6) is 0 Å². The van der Waals surface area contributed by atoms with E-state index in [9.17, 15) is 5.26 Å². The molecule has 0 bridgehead atoms. The Balaban J connectivity index is 1.38. The van der Waals surface area contributed by atoms with Gasteiger partial charge in [0.15, 0.2) is 0 Å². The third kappa shape index (κ3) is 2.84. The number of aromatic nitrogens is 2. The van der Waals surface area contributed by atoms with Gasteiger partial charge in [0.2, 0.25) is 0 Å². The molecule has 3 heterocycles. The van der Waals surface area contributed by atoms with Crippen molar-refractivity contribution in [2.75, 3.05) is 18.8 Å². The minimum Gasteiger partial charge on any atom is -0.389 e. The van der Waals surface area contributed by atoms with E-state index in [2.05, 4.69) is 52.2 Å². The molecule has 0 spiro atoms. The lowest BCUT2D eigenvalue weighted by Crippen LogP contribution is -2.21. The van der Waals surface area contributed by atoms with Crippen LogP contribution in [0.15, 0.2) is 36.5 Å². The van der Waals surface area contributed by atoms with Gasteiger partial charge in [-0.05, 0) is 30.4 Å². The van der Waals surface area contributed by atoms with E-state index in [1.54, 1.807) is 0 Å². The van der Waals surface area contributed by atoms with Crippen LogP contribution in [0.2, 0.25) is 0 Å². The number of hydrogen-bond donors (Lipinski definition) is 1. The molecule has 2 aliphatic rings. The monoisotopic (exact) mass is 375 g/mol. The van der Waals surface area contributed by atoms with Crippen LogP contribution in [0.25, 0.3) is 10.4 Å². The van der Waals surface area contributed by atoms with Crippen molar-refractivity contribution >= 4 is 16.3 Å². The molecule has 136 valence electrons. The Hall–Kier alpha value is -2.62. The molecule has 0 radical (unpaired) electrons. The number of fused-ring (bicyclic) bond motifs is 3. The molecule has 1 aromatic carbocycles. The summed E-state index contributed by atoms with van der Waals surface area (Å²) in [6.07, 6.45) is 5.05. The molecule has 1 unspecified atom stereocenters. The number of nitrogens with two attached hydrogens (primary N) is 1. The first-order chi connectivity index (χ1) is 13.2. The molecule has 2 N–H and O–H groups in total. The first kappa shape index (κ1) is 16.5. The van der Waals surface area contributed by atoms with E-state index in [4.69, 9.17) is 10.8 Å². The highest BCUT2D eigenvalue weighted by atomic mass is 32.1. The van der Waals surface area contributed by atoms with E-state index in [-0.39, 0.29) is 0 Å². The number of benzene rings is 1. The predicted molar refractivity (Wildman–Crippen MR) is 107 cm³/mol. The van der Waals surface area contributed by atoms with Gasteiger partial charge in [-0.15, -0.1) is 11.3 Å². The molecule has 0 saturated carbocycles. The summed E-state index contributed by atoms with van der Waals surface area (Å²) in [5.41, 5.74) is 11.5. The van der Waals surface area contributed by atoms with Crippen molar-refractivity contribution in [2.24, 2.45) is 0 Å². The van der Waals surface area contributed by atoms with E-state index in [0.717, 1.165) is 55.0 Å². The maximum atomic E-state index is 9.39. The van der Waals surface area contributed by atoms with E-state index in [0.29, 0.717) is 16.6 Å². The molecule has 1 fully saturated rings. The standard InChI is InChI=1S/C21H21N5S/c22-10-17-16-6-7-19-18(20(16)27-21(17)23)13-26(24-19)15-8-9-25(12-15)11-14-4-2-1-3-5-14/h1-5,13,15H,6-9,11-12,23H2. The number of likely N-dealkylation sites (tertiary alicyclic amines) is 1. The number of rotatable bonds is 3. The lowest BCUT2D eigenvalue weighted by molar-refractivity contribution is 0.311. The zero-order valence-electron chi connectivity index (χ0n) is 15.1. The van der Waals surface area contributed by atoms with Crippen molar-refractivity contribution in [3.05, 3.63) is 58.9 Å². The first-order valence-electron chi connectivity index (χ1n) is 9.39. The van der Waals surface area contributed by atoms with Crippen LogP contribution in [-0.4, -0.2) is 27.8 Å². The smallest absolute Gasteiger partial charge is 0.105 e. The van der Waals surface area contributed by atoms with Gasteiger partial charge in [0.1, 0.15) is 11.1 Å². The lowest BCUT2D eigenvalue weighted by Gasteiger charge is -2.16. The second kappa shape index (κ2) is 6.52. The largest absolute Gasteiger partial charge is 0.389 e. The molecule has 27 heavy (non-hydrogen) atoms. The van der Waals surface area contributed by atoms with E-state index in [1.165, 1.54) is 22.5 Å². The molecule has 1 aliphatic heterocycles. The van der Waals surface area contributed by atoms with Crippen molar-refractivity contribution in [2.45, 2.75) is 31.8 Å². The van der Waals surface area contributed by atoms with Crippen LogP contribution in [-0.2, 0) is 19.4 Å². The zero-order valence-corrected chi connectivity index (χ0v) is 15.9. The molecule has 3 aromatic rings. The van der Waals surface area contributed by atoms with Crippen LogP contribution < -0.4 is 5.73 Å². The molecule has 1 atom stereocenters. The van der Waals surface area contributed by atoms with Crippen LogP contribution in [0.3, 0.4) is 0 Å². The second-order valence-electron chi connectivity index (χ2n) is 7.39. The number of aryl methyl sites for hydroxylation is 1. The maximum Gasteiger partial charge on any atom is 0.105 e. The quantitative estimate of drug-likeness (QED) is 0.759. The van der Waals surface area contributed by atoms with Gasteiger partial charge < -0.3 is 5.73 Å². The minimum atomic E-state index is 0.413. The lowest BCUT2D eigenvalue weighted by atomic mass is 9.94. The number of nitriles is 1. The van der Waals surface area contributed by atoms with Crippen molar-refractivity contribution < 1.29 is 0 Å². The van der Waals surface area contributed by atoms with E-state index >= 15 is 0 Å². The summed E-state index contributed by atoms with van der Waals surface area (Å²) in [6, 6.07) is 13.3. The zero-order chi connectivity index (χ0) is 18.4. The van der Waals surface area contributed by atoms with Gasteiger partial charge in [-0.1, -0.05) is 30.3 Å². The average Bonchev–Trinajstić information content (AvgIpc) is 3.38. The molecule has 6 heteroatoms. The van der Waals surface area contributed by atoms with Gasteiger partial charge in [0.25, 0.3) is 0 Å². The molecule has 2 aromatic heterocycles. The van der Waals surface area contributed by atoms with E-state index in [1.807, 2.05) is 0 Å². The average molecular weight is 376 g/mol. The SMILES string of the molecule is N#Cc1c(N)sc2c1CCc1nn(C3CCN(Cc4ccccc4)C3)cc1-2. The summed E-state index contributed by atoms with van der Waals surface area (Å²) >= 11 is 1.53. The Bertz CT molecular complexity index is 1030. The number of nitrogens with zero attached hydrogens (tertiary/aromatic N) is 4. The Morgan fingerprint density at radius 2 is 2.11 bits per heavy atom. The molecular weight excluding hydrogens is 354 g/mol. The van der Waals surface area contributed by atoms with Crippen LogP contribution >= 0.6 is 11.3 Å². The Morgan fingerprint density at radius 1 is 1.26 bits per heavy atom. The fourth-order valence-electron chi connectivity index (χ4n) is 4.31. The summed E-state index contributed by atoms with van der Waals surface area (Å²) in [4.78, 5) is 3.65. The second-order valence-corrected chi connectivity index (χ2v) is 8.45. The summed E-state index contributed by atoms with van der Waals surface area (Å²) in [6.45, 7) is 3.12. The van der Waals surface area contributed by atoms with Crippen molar-refractivity contribution in [1.82, 2.24) is 14.7 Å². The van der Waals surface area contributed by atoms with Gasteiger partial charge in [-0.2, -0.15) is 10.4 Å². The van der Waals surface area contributed by atoms with Crippen molar-refractivity contribution in [3.8, 4) is 16.5 Å².